The van der Waals surface area contributed by atoms with E-state index in [9.17, 15) is 0 Å². The summed E-state index contributed by atoms with van der Waals surface area (Å²) >= 11 is 0. The molecule has 0 heterocycles. The van der Waals surface area contributed by atoms with Crippen LogP contribution in [0.1, 0.15) is 122 Å². The lowest BCUT2D eigenvalue weighted by molar-refractivity contribution is 0.340. The molecule has 174 valence electrons. The molecule has 1 saturated carbocycles. The van der Waals surface area contributed by atoms with Crippen molar-refractivity contribution in [1.82, 2.24) is 10.6 Å². The van der Waals surface area contributed by atoms with E-state index in [1.54, 1.807) is 0 Å². The van der Waals surface area contributed by atoms with Gasteiger partial charge in [-0.1, -0.05) is 70.6 Å². The van der Waals surface area contributed by atoms with Crippen LogP contribution in [0.25, 0.3) is 0 Å². The van der Waals surface area contributed by atoms with Gasteiger partial charge < -0.3 is 22.1 Å². The van der Waals surface area contributed by atoms with Crippen LogP contribution in [0.2, 0.25) is 0 Å². The van der Waals surface area contributed by atoms with Crippen LogP contribution in [0, 0.1) is 0 Å². The highest BCUT2D eigenvalue weighted by molar-refractivity contribution is 4.78. The van der Waals surface area contributed by atoms with E-state index < -0.39 is 0 Å². The molecule has 1 aliphatic rings. The maximum Gasteiger partial charge on any atom is 0.00682 e. The number of nitrogens with two attached hydrogens (primary N) is 2. The molecule has 0 radical (unpaired) electrons. The second-order valence-corrected chi connectivity index (χ2v) is 9.41. The van der Waals surface area contributed by atoms with E-state index in [4.69, 9.17) is 11.5 Å². The van der Waals surface area contributed by atoms with Gasteiger partial charge in [0.1, 0.15) is 0 Å². The molecule has 0 aromatic rings. The van der Waals surface area contributed by atoms with E-state index in [0.29, 0.717) is 6.04 Å². The van der Waals surface area contributed by atoms with Crippen LogP contribution < -0.4 is 22.1 Å². The normalized spacial score (nSPS) is 19.7. The average molecular weight is 411 g/mol. The molecule has 0 aromatic carbocycles. The molecule has 4 heteroatoms. The van der Waals surface area contributed by atoms with Crippen LogP contribution in [0.3, 0.4) is 0 Å². The summed E-state index contributed by atoms with van der Waals surface area (Å²) in [5.74, 6) is 0. The number of unbranched alkanes of at least 4 members (excludes halogenated alkanes) is 13. The zero-order chi connectivity index (χ0) is 20.8. The first kappa shape index (κ1) is 26.9. The minimum absolute atomic E-state index is 0.464. The van der Waals surface area contributed by atoms with Crippen molar-refractivity contribution in [1.29, 1.82) is 0 Å². The Kier molecular flexibility index (Phi) is 19.5. The first-order chi connectivity index (χ1) is 14.3. The van der Waals surface area contributed by atoms with Crippen LogP contribution >= 0.6 is 0 Å². The Morgan fingerprint density at radius 1 is 0.517 bits per heavy atom. The summed E-state index contributed by atoms with van der Waals surface area (Å²) in [7, 11) is 0. The van der Waals surface area contributed by atoms with E-state index in [1.165, 1.54) is 142 Å². The predicted molar refractivity (Wildman–Crippen MR) is 129 cm³/mol. The molecule has 4 nitrogen and oxygen atoms in total. The molecule has 0 unspecified atom stereocenters. The van der Waals surface area contributed by atoms with Crippen molar-refractivity contribution in [2.24, 2.45) is 11.5 Å². The lowest BCUT2D eigenvalue weighted by Crippen LogP contribution is -2.37. The molecule has 0 saturated heterocycles. The first-order valence-electron chi connectivity index (χ1n) is 13.2. The molecular formula is C25H54N4. The summed E-state index contributed by atoms with van der Waals surface area (Å²) < 4.78 is 0. The van der Waals surface area contributed by atoms with Gasteiger partial charge in [0.05, 0.1) is 0 Å². The smallest absolute Gasteiger partial charge is 0.00682 e. The van der Waals surface area contributed by atoms with Gasteiger partial charge in [-0.25, -0.2) is 0 Å². The van der Waals surface area contributed by atoms with Gasteiger partial charge in [-0.05, 0) is 77.5 Å². The molecule has 0 bridgehead atoms. The number of hydrogen-bond acceptors (Lipinski definition) is 4. The molecule has 0 aliphatic heterocycles. The lowest BCUT2D eigenvalue weighted by Gasteiger charge is -2.26. The van der Waals surface area contributed by atoms with Crippen LogP contribution in [0.5, 0.6) is 0 Å². The maximum absolute atomic E-state index is 5.97. The summed E-state index contributed by atoms with van der Waals surface area (Å²) in [6, 6.07) is 1.20. The lowest BCUT2D eigenvalue weighted by atomic mass is 9.92. The minimum atomic E-state index is 0.464. The van der Waals surface area contributed by atoms with Crippen LogP contribution in [-0.2, 0) is 0 Å². The van der Waals surface area contributed by atoms with Gasteiger partial charge in [0.2, 0.25) is 0 Å². The summed E-state index contributed by atoms with van der Waals surface area (Å²) in [5.41, 5.74) is 11.5. The topological polar surface area (TPSA) is 76.1 Å². The van der Waals surface area contributed by atoms with Crippen molar-refractivity contribution in [3.8, 4) is 0 Å². The Bertz CT molecular complexity index is 316. The van der Waals surface area contributed by atoms with Gasteiger partial charge in [0.15, 0.2) is 0 Å². The number of rotatable bonds is 21. The Morgan fingerprint density at radius 2 is 0.931 bits per heavy atom. The summed E-state index contributed by atoms with van der Waals surface area (Å²) in [6.45, 7) is 4.46. The molecular weight excluding hydrogens is 356 g/mol. The second-order valence-electron chi connectivity index (χ2n) is 9.41. The summed E-state index contributed by atoms with van der Waals surface area (Å²) in [6.07, 6.45) is 25.7. The monoisotopic (exact) mass is 410 g/mol. The highest BCUT2D eigenvalue weighted by Crippen LogP contribution is 2.16. The molecule has 6 N–H and O–H groups in total. The van der Waals surface area contributed by atoms with Crippen LogP contribution in [0.4, 0.5) is 0 Å². The van der Waals surface area contributed by atoms with E-state index in [-0.39, 0.29) is 0 Å². The minimum Gasteiger partial charge on any atom is -0.330 e. The Hall–Kier alpha value is -0.160. The van der Waals surface area contributed by atoms with Gasteiger partial charge in [0.25, 0.3) is 0 Å². The summed E-state index contributed by atoms with van der Waals surface area (Å²) in [4.78, 5) is 0. The van der Waals surface area contributed by atoms with Crippen molar-refractivity contribution in [3.63, 3.8) is 0 Å². The highest BCUT2D eigenvalue weighted by Gasteiger charge is 2.17. The van der Waals surface area contributed by atoms with Crippen molar-refractivity contribution in [2.75, 3.05) is 26.2 Å². The highest BCUT2D eigenvalue weighted by atomic mass is 14.9. The third-order valence-electron chi connectivity index (χ3n) is 6.54. The van der Waals surface area contributed by atoms with Gasteiger partial charge >= 0.3 is 0 Å². The Labute approximate surface area is 182 Å². The van der Waals surface area contributed by atoms with Gasteiger partial charge in [0, 0.05) is 12.1 Å². The number of nitrogens with one attached hydrogen (secondary N) is 2. The molecule has 0 aromatic heterocycles. The number of hydrogen-bond donors (Lipinski definition) is 4. The molecule has 0 atom stereocenters. The average Bonchev–Trinajstić information content (AvgIpc) is 2.73. The third-order valence-corrected chi connectivity index (χ3v) is 6.54. The molecule has 1 aliphatic carbocycles. The molecule has 1 rings (SSSR count). The van der Waals surface area contributed by atoms with Crippen molar-refractivity contribution >= 4 is 0 Å². The van der Waals surface area contributed by atoms with E-state index >= 15 is 0 Å². The van der Waals surface area contributed by atoms with E-state index in [0.717, 1.165) is 12.6 Å². The maximum atomic E-state index is 5.97. The fourth-order valence-electron chi connectivity index (χ4n) is 4.47. The third kappa shape index (κ3) is 18.3. The standard InChI is InChI=1S/C25H54N4/c26-20-12-9-7-5-3-1-2-4-6-8-10-13-21-28-22-14-11-15-23-29-25-18-16-24(27)17-19-25/h24-25,28-29H,1-23,26-27H2. The summed E-state index contributed by atoms with van der Waals surface area (Å²) in [5, 5.41) is 7.35. The Balaban J connectivity index is 1.65. The van der Waals surface area contributed by atoms with Crippen LogP contribution in [-0.4, -0.2) is 38.3 Å². The molecule has 29 heavy (non-hydrogen) atoms. The fourth-order valence-corrected chi connectivity index (χ4v) is 4.47. The predicted octanol–water partition coefficient (Wildman–Crippen LogP) is 5.25. The van der Waals surface area contributed by atoms with E-state index in [1.807, 2.05) is 0 Å². The van der Waals surface area contributed by atoms with Crippen molar-refractivity contribution in [3.05, 3.63) is 0 Å². The molecule has 0 amide bonds. The molecule has 1 fully saturated rings. The molecule has 0 spiro atoms. The SMILES string of the molecule is NCCCCCCCCCCCCCCNCCCCCNC1CCC(N)CC1. The first-order valence-corrected chi connectivity index (χ1v) is 13.2. The van der Waals surface area contributed by atoms with Crippen molar-refractivity contribution < 1.29 is 0 Å². The quantitative estimate of drug-likeness (QED) is 0.195. The van der Waals surface area contributed by atoms with Gasteiger partial charge in [-0.2, -0.15) is 0 Å². The zero-order valence-electron chi connectivity index (χ0n) is 19.6. The Morgan fingerprint density at radius 3 is 1.45 bits per heavy atom. The van der Waals surface area contributed by atoms with Gasteiger partial charge in [-0.3, -0.25) is 0 Å². The van der Waals surface area contributed by atoms with E-state index in [2.05, 4.69) is 10.6 Å². The largest absolute Gasteiger partial charge is 0.330 e. The van der Waals surface area contributed by atoms with Crippen LogP contribution in [0.15, 0.2) is 0 Å². The fraction of sp³-hybridized carbons (Fsp3) is 1.00. The zero-order valence-corrected chi connectivity index (χ0v) is 19.6. The second kappa shape index (κ2) is 21.1. The van der Waals surface area contributed by atoms with Gasteiger partial charge in [-0.15, -0.1) is 0 Å². The van der Waals surface area contributed by atoms with Crippen molar-refractivity contribution in [2.45, 2.75) is 134 Å².